The molecule has 7 nitrogen and oxygen atoms in total. The second-order valence-electron chi connectivity index (χ2n) is 6.87. The summed E-state index contributed by atoms with van der Waals surface area (Å²) in [5.74, 6) is -0.0590. The second-order valence-corrected chi connectivity index (χ2v) is 7.27. The highest BCUT2D eigenvalue weighted by molar-refractivity contribution is 6.34. The van der Waals surface area contributed by atoms with Gasteiger partial charge >= 0.3 is 6.18 Å². The third-order valence-corrected chi connectivity index (χ3v) is 5.12. The molecule has 0 radical (unpaired) electrons. The highest BCUT2D eigenvalue weighted by Gasteiger charge is 2.33. The molecule has 0 atom stereocenters. The molecule has 4 rings (SSSR count). The fourth-order valence-corrected chi connectivity index (χ4v) is 3.51. The number of halogens is 4. The Balaban J connectivity index is 1.62. The minimum Gasteiger partial charge on any atom is -0.383 e. The number of fused-ring (bicyclic) bond motifs is 3. The molecular formula is C19H15ClF3N5O2. The number of hydrogen-bond donors (Lipinski definition) is 1. The van der Waals surface area contributed by atoms with E-state index in [-0.39, 0.29) is 22.8 Å². The first-order valence-corrected chi connectivity index (χ1v) is 9.16. The Morgan fingerprint density at radius 1 is 1.23 bits per heavy atom. The van der Waals surface area contributed by atoms with Crippen LogP contribution in [0.4, 0.5) is 19.0 Å². The summed E-state index contributed by atoms with van der Waals surface area (Å²) in [6.45, 7) is 0.660. The lowest BCUT2D eigenvalue weighted by atomic mass is 10.0. The van der Waals surface area contributed by atoms with Crippen molar-refractivity contribution in [1.82, 2.24) is 20.1 Å². The van der Waals surface area contributed by atoms with Crippen molar-refractivity contribution in [3.8, 4) is 0 Å². The summed E-state index contributed by atoms with van der Waals surface area (Å²) < 4.78 is 43.3. The molecule has 1 aromatic carbocycles. The van der Waals surface area contributed by atoms with Crippen LogP contribution in [-0.4, -0.2) is 33.0 Å². The molecular weight excluding hydrogens is 423 g/mol. The fourth-order valence-electron chi connectivity index (χ4n) is 3.27. The number of carbonyl (C=O) groups excluding carboxylic acids is 1. The normalized spacial score (nSPS) is 13.5. The quantitative estimate of drug-likeness (QED) is 0.673. The number of aromatic nitrogens is 3. The van der Waals surface area contributed by atoms with E-state index in [0.717, 1.165) is 17.2 Å². The minimum atomic E-state index is -4.58. The lowest BCUT2D eigenvalue weighted by molar-refractivity contribution is -0.141. The number of alkyl halides is 3. The first kappa shape index (κ1) is 20.3. The number of rotatable bonds is 3. The topological polar surface area (TPSA) is 94.2 Å². The van der Waals surface area contributed by atoms with E-state index < -0.39 is 17.8 Å². The molecule has 0 spiro atoms. The zero-order valence-electron chi connectivity index (χ0n) is 15.6. The highest BCUT2D eigenvalue weighted by atomic mass is 35.5. The maximum absolute atomic E-state index is 12.9. The van der Waals surface area contributed by atoms with Crippen molar-refractivity contribution in [3.05, 3.63) is 57.4 Å². The van der Waals surface area contributed by atoms with Gasteiger partial charge in [-0.15, -0.1) is 5.10 Å². The lowest BCUT2D eigenvalue weighted by Gasteiger charge is -2.18. The van der Waals surface area contributed by atoms with Gasteiger partial charge in [-0.25, -0.2) is 4.98 Å². The van der Waals surface area contributed by atoms with Gasteiger partial charge in [-0.1, -0.05) is 11.6 Å². The number of ether oxygens (including phenoxy) is 1. The van der Waals surface area contributed by atoms with Crippen molar-refractivity contribution in [1.29, 1.82) is 0 Å². The Bertz CT molecular complexity index is 1150. The summed E-state index contributed by atoms with van der Waals surface area (Å²) in [6, 6.07) is 5.20. The van der Waals surface area contributed by atoms with Crippen LogP contribution in [0.25, 0.3) is 10.9 Å². The van der Waals surface area contributed by atoms with Gasteiger partial charge in [-0.05, 0) is 29.8 Å². The van der Waals surface area contributed by atoms with Crippen molar-refractivity contribution < 1.29 is 22.7 Å². The van der Waals surface area contributed by atoms with Gasteiger partial charge in [0.15, 0.2) is 5.69 Å². The van der Waals surface area contributed by atoms with Crippen LogP contribution in [0.1, 0.15) is 32.9 Å². The molecule has 1 aliphatic heterocycles. The molecule has 0 saturated carbocycles. The molecule has 1 amide bonds. The largest absolute Gasteiger partial charge is 0.435 e. The Morgan fingerprint density at radius 2 is 1.97 bits per heavy atom. The fraction of sp³-hybridized carbons (Fsp3) is 0.263. The van der Waals surface area contributed by atoms with Gasteiger partial charge in [-0.2, -0.15) is 18.3 Å². The van der Waals surface area contributed by atoms with Gasteiger partial charge in [0.05, 0.1) is 41.6 Å². The molecule has 11 heteroatoms. The third-order valence-electron chi connectivity index (χ3n) is 4.80. The van der Waals surface area contributed by atoms with Crippen molar-refractivity contribution in [3.63, 3.8) is 0 Å². The van der Waals surface area contributed by atoms with Gasteiger partial charge in [0.2, 0.25) is 0 Å². The average molecular weight is 438 g/mol. The number of nitrogens with two attached hydrogens (primary N) is 1. The molecule has 0 saturated heterocycles. The molecule has 0 fully saturated rings. The first-order chi connectivity index (χ1) is 14.1. The van der Waals surface area contributed by atoms with Crippen LogP contribution in [0.15, 0.2) is 24.3 Å². The first-order valence-electron chi connectivity index (χ1n) is 8.78. The van der Waals surface area contributed by atoms with Crippen LogP contribution in [-0.2, 0) is 30.7 Å². The maximum Gasteiger partial charge on any atom is 0.435 e. The summed E-state index contributed by atoms with van der Waals surface area (Å²) in [4.78, 5) is 18.6. The molecule has 156 valence electrons. The zero-order chi connectivity index (χ0) is 21.6. The van der Waals surface area contributed by atoms with E-state index >= 15 is 0 Å². The molecule has 3 heterocycles. The predicted molar refractivity (Wildman–Crippen MR) is 102 cm³/mol. The van der Waals surface area contributed by atoms with E-state index in [9.17, 15) is 18.0 Å². The number of carbonyl (C=O) groups is 1. The average Bonchev–Trinajstić information content (AvgIpc) is 3.17. The number of amides is 1. The summed E-state index contributed by atoms with van der Waals surface area (Å²) in [7, 11) is 1.50. The van der Waals surface area contributed by atoms with E-state index in [2.05, 4.69) is 15.2 Å². The summed E-state index contributed by atoms with van der Waals surface area (Å²) in [6.07, 6.45) is -4.58. The predicted octanol–water partition coefficient (Wildman–Crippen LogP) is 3.58. The standard InChI is InChI=1S/C19H15ClF3N5O2/c1-28(6-9-2-3-16(27-26-9)19(21,22)23)18(29)11-4-10-12-7-30-8-13(12)17(24)25-15(10)5-14(11)20/h2-5H,6-8H2,1H3,(H2,24,25). The van der Waals surface area contributed by atoms with Gasteiger partial charge < -0.3 is 15.4 Å². The van der Waals surface area contributed by atoms with Crippen molar-refractivity contribution in [2.75, 3.05) is 12.8 Å². The van der Waals surface area contributed by atoms with Gasteiger partial charge in [0, 0.05) is 18.0 Å². The van der Waals surface area contributed by atoms with E-state index in [0.29, 0.717) is 29.9 Å². The Hall–Kier alpha value is -2.98. The monoisotopic (exact) mass is 437 g/mol. The number of pyridine rings is 1. The smallest absolute Gasteiger partial charge is 0.383 e. The summed E-state index contributed by atoms with van der Waals surface area (Å²) in [5, 5.41) is 7.62. The maximum atomic E-state index is 12.9. The van der Waals surface area contributed by atoms with Gasteiger partial charge in [0.25, 0.3) is 5.91 Å². The van der Waals surface area contributed by atoms with Crippen LogP contribution in [0.2, 0.25) is 5.02 Å². The van der Waals surface area contributed by atoms with Crippen LogP contribution in [0.5, 0.6) is 0 Å². The van der Waals surface area contributed by atoms with Crippen LogP contribution >= 0.6 is 11.6 Å². The number of nitrogens with zero attached hydrogens (tertiary/aromatic N) is 4. The van der Waals surface area contributed by atoms with E-state index in [1.54, 1.807) is 12.1 Å². The lowest BCUT2D eigenvalue weighted by Crippen LogP contribution is -2.27. The molecule has 3 aromatic rings. The van der Waals surface area contributed by atoms with Crippen LogP contribution in [0, 0.1) is 0 Å². The van der Waals surface area contributed by atoms with E-state index in [1.807, 2.05) is 0 Å². The molecule has 0 unspecified atom stereocenters. The highest BCUT2D eigenvalue weighted by Crippen LogP contribution is 2.34. The van der Waals surface area contributed by atoms with Crippen molar-refractivity contribution >= 4 is 34.2 Å². The molecule has 2 aromatic heterocycles. The van der Waals surface area contributed by atoms with Crippen molar-refractivity contribution in [2.24, 2.45) is 0 Å². The zero-order valence-corrected chi connectivity index (χ0v) is 16.4. The SMILES string of the molecule is CN(Cc1ccc(C(F)(F)F)nn1)C(=O)c1cc2c3c(c(N)nc2cc1Cl)COC3. The Morgan fingerprint density at radius 3 is 2.63 bits per heavy atom. The molecule has 0 aliphatic carbocycles. The van der Waals surface area contributed by atoms with Crippen LogP contribution in [0.3, 0.4) is 0 Å². The molecule has 1 aliphatic rings. The number of nitrogen functional groups attached to an aromatic ring is 1. The van der Waals surface area contributed by atoms with Crippen molar-refractivity contribution in [2.45, 2.75) is 25.9 Å². The molecule has 2 N–H and O–H groups in total. The van der Waals surface area contributed by atoms with Crippen LogP contribution < -0.4 is 5.73 Å². The molecule has 0 bridgehead atoms. The Kier molecular flexibility index (Phi) is 4.99. The summed E-state index contributed by atoms with van der Waals surface area (Å²) >= 11 is 6.31. The van der Waals surface area contributed by atoms with Gasteiger partial charge in [0.1, 0.15) is 5.82 Å². The van der Waals surface area contributed by atoms with E-state index in [1.165, 1.54) is 18.0 Å². The molecule has 30 heavy (non-hydrogen) atoms. The minimum absolute atomic E-state index is 0.0421. The van der Waals surface area contributed by atoms with Gasteiger partial charge in [-0.3, -0.25) is 4.79 Å². The van der Waals surface area contributed by atoms with E-state index in [4.69, 9.17) is 22.1 Å². The Labute approximate surface area is 173 Å². The summed E-state index contributed by atoms with van der Waals surface area (Å²) in [5.41, 5.74) is 7.50. The number of benzene rings is 1. The number of hydrogen-bond acceptors (Lipinski definition) is 6. The number of anilines is 1. The second kappa shape index (κ2) is 7.37. The third kappa shape index (κ3) is 3.63.